The minimum absolute atomic E-state index is 0.655. The molecule has 1 fully saturated rings. The number of fused-ring (bicyclic) bond motifs is 4. The molecule has 2 heteroatoms. The van der Waals surface area contributed by atoms with Crippen molar-refractivity contribution in [1.29, 1.82) is 0 Å². The summed E-state index contributed by atoms with van der Waals surface area (Å²) in [5, 5.41) is 0. The van der Waals surface area contributed by atoms with Crippen LogP contribution in [0.2, 0.25) is 0 Å². The van der Waals surface area contributed by atoms with Crippen LogP contribution in [0.3, 0.4) is 0 Å². The zero-order chi connectivity index (χ0) is 8.84. The number of rotatable bonds is 0. The monoisotopic (exact) mass is 174 g/mol. The van der Waals surface area contributed by atoms with Crippen molar-refractivity contribution in [3.8, 4) is 0 Å². The number of pyridine rings is 1. The van der Waals surface area contributed by atoms with Crippen molar-refractivity contribution in [2.45, 2.75) is 31.3 Å². The van der Waals surface area contributed by atoms with E-state index in [1.807, 2.05) is 6.20 Å². The quantitative estimate of drug-likeness (QED) is 0.596. The molecule has 0 aliphatic carbocycles. The maximum atomic E-state index is 4.22. The lowest BCUT2D eigenvalue weighted by atomic mass is 9.96. The molecule has 1 aromatic heterocycles. The predicted molar refractivity (Wildman–Crippen MR) is 51.5 cm³/mol. The van der Waals surface area contributed by atoms with E-state index in [1.165, 1.54) is 30.4 Å². The fourth-order valence-corrected chi connectivity index (χ4v) is 2.81. The van der Waals surface area contributed by atoms with E-state index in [-0.39, 0.29) is 0 Å². The molecule has 0 N–H and O–H groups in total. The number of likely N-dealkylation sites (N-methyl/N-ethyl adjacent to an activating group) is 1. The second-order valence-corrected chi connectivity index (χ2v) is 4.19. The SMILES string of the molecule is CN1C2CCC1c1cnccc1C2. The molecule has 2 aliphatic heterocycles. The molecule has 1 saturated heterocycles. The van der Waals surface area contributed by atoms with E-state index >= 15 is 0 Å². The van der Waals surface area contributed by atoms with Gasteiger partial charge >= 0.3 is 0 Å². The van der Waals surface area contributed by atoms with E-state index in [2.05, 4.69) is 29.2 Å². The maximum Gasteiger partial charge on any atom is 0.0366 e. The van der Waals surface area contributed by atoms with Crippen molar-refractivity contribution in [3.63, 3.8) is 0 Å². The molecule has 2 nitrogen and oxygen atoms in total. The van der Waals surface area contributed by atoms with E-state index in [1.54, 1.807) is 0 Å². The van der Waals surface area contributed by atoms with Crippen LogP contribution in [-0.4, -0.2) is 23.0 Å². The third-order valence-electron chi connectivity index (χ3n) is 3.60. The second-order valence-electron chi connectivity index (χ2n) is 4.19. The minimum atomic E-state index is 0.655. The van der Waals surface area contributed by atoms with Crippen molar-refractivity contribution < 1.29 is 0 Å². The van der Waals surface area contributed by atoms with Crippen LogP contribution < -0.4 is 0 Å². The van der Waals surface area contributed by atoms with Gasteiger partial charge in [0.2, 0.25) is 0 Å². The van der Waals surface area contributed by atoms with Gasteiger partial charge in [-0.1, -0.05) is 0 Å². The molecule has 68 valence electrons. The number of hydrogen-bond acceptors (Lipinski definition) is 2. The van der Waals surface area contributed by atoms with Crippen molar-refractivity contribution in [2.24, 2.45) is 0 Å². The first-order chi connectivity index (χ1) is 6.36. The second kappa shape index (κ2) is 2.55. The molecule has 13 heavy (non-hydrogen) atoms. The topological polar surface area (TPSA) is 16.1 Å². The highest BCUT2D eigenvalue weighted by Gasteiger charge is 2.37. The van der Waals surface area contributed by atoms with Gasteiger partial charge in [0, 0.05) is 24.5 Å². The Morgan fingerprint density at radius 1 is 1.46 bits per heavy atom. The van der Waals surface area contributed by atoms with E-state index in [9.17, 15) is 0 Å². The van der Waals surface area contributed by atoms with Crippen LogP contribution >= 0.6 is 0 Å². The summed E-state index contributed by atoms with van der Waals surface area (Å²) in [6.07, 6.45) is 7.88. The Hall–Kier alpha value is -0.890. The molecule has 0 amide bonds. The van der Waals surface area contributed by atoms with Crippen LogP contribution in [-0.2, 0) is 6.42 Å². The molecule has 0 saturated carbocycles. The Morgan fingerprint density at radius 2 is 2.38 bits per heavy atom. The summed E-state index contributed by atoms with van der Waals surface area (Å²) < 4.78 is 0. The lowest BCUT2D eigenvalue weighted by Crippen LogP contribution is -2.34. The van der Waals surface area contributed by atoms with Crippen LogP contribution in [0.5, 0.6) is 0 Å². The van der Waals surface area contributed by atoms with E-state index in [0.29, 0.717) is 6.04 Å². The van der Waals surface area contributed by atoms with Crippen molar-refractivity contribution in [3.05, 3.63) is 29.6 Å². The van der Waals surface area contributed by atoms with Crippen LogP contribution in [0.25, 0.3) is 0 Å². The molecule has 0 aromatic carbocycles. The van der Waals surface area contributed by atoms with Crippen LogP contribution in [0.15, 0.2) is 18.5 Å². The summed E-state index contributed by atoms with van der Waals surface area (Å²) in [6.45, 7) is 0. The van der Waals surface area contributed by atoms with E-state index in [0.717, 1.165) is 6.04 Å². The molecule has 3 heterocycles. The molecule has 2 aliphatic rings. The lowest BCUT2D eigenvalue weighted by Gasteiger charge is -2.32. The van der Waals surface area contributed by atoms with Gasteiger partial charge in [0.25, 0.3) is 0 Å². The first-order valence-corrected chi connectivity index (χ1v) is 5.01. The van der Waals surface area contributed by atoms with Crippen molar-refractivity contribution >= 4 is 0 Å². The normalized spacial score (nSPS) is 31.8. The molecule has 0 spiro atoms. The van der Waals surface area contributed by atoms with Gasteiger partial charge in [0.05, 0.1) is 0 Å². The van der Waals surface area contributed by atoms with Gasteiger partial charge in [0.1, 0.15) is 0 Å². The third kappa shape index (κ3) is 0.953. The molecular weight excluding hydrogens is 160 g/mol. The Labute approximate surface area is 78.6 Å². The average Bonchev–Trinajstić information content (AvgIpc) is 2.43. The van der Waals surface area contributed by atoms with Crippen molar-refractivity contribution in [1.82, 2.24) is 9.88 Å². The summed E-state index contributed by atoms with van der Waals surface area (Å²) in [5.41, 5.74) is 3.00. The number of hydrogen-bond donors (Lipinski definition) is 0. The summed E-state index contributed by atoms with van der Waals surface area (Å²) in [5.74, 6) is 0. The van der Waals surface area contributed by atoms with E-state index < -0.39 is 0 Å². The van der Waals surface area contributed by atoms with Gasteiger partial charge < -0.3 is 0 Å². The molecule has 2 unspecified atom stereocenters. The third-order valence-corrected chi connectivity index (χ3v) is 3.60. The zero-order valence-electron chi connectivity index (χ0n) is 7.90. The highest BCUT2D eigenvalue weighted by Crippen LogP contribution is 2.41. The molecule has 1 aromatic rings. The summed E-state index contributed by atoms with van der Waals surface area (Å²) in [6, 6.07) is 3.63. The smallest absolute Gasteiger partial charge is 0.0366 e. The highest BCUT2D eigenvalue weighted by molar-refractivity contribution is 5.32. The first kappa shape index (κ1) is 7.51. The summed E-state index contributed by atoms with van der Waals surface area (Å²) in [4.78, 5) is 6.74. The fraction of sp³-hybridized carbons (Fsp3) is 0.545. The van der Waals surface area contributed by atoms with E-state index in [4.69, 9.17) is 0 Å². The standard InChI is InChI=1S/C11H14N2/c1-13-9-2-3-11(13)10-7-12-5-4-8(10)6-9/h4-5,7,9,11H,2-3,6H2,1H3. The number of aromatic nitrogens is 1. The van der Waals surface area contributed by atoms with Crippen LogP contribution in [0, 0.1) is 0 Å². The molecular formula is C11H14N2. The molecule has 3 rings (SSSR count). The Bertz CT molecular complexity index is 335. The molecule has 2 atom stereocenters. The van der Waals surface area contributed by atoms with Crippen LogP contribution in [0.1, 0.15) is 30.0 Å². The minimum Gasteiger partial charge on any atom is -0.296 e. The van der Waals surface area contributed by atoms with Gasteiger partial charge in [-0.15, -0.1) is 0 Å². The number of nitrogens with zero attached hydrogens (tertiary/aromatic N) is 2. The van der Waals surface area contributed by atoms with Gasteiger partial charge in [-0.05, 0) is 43.5 Å². The lowest BCUT2D eigenvalue weighted by molar-refractivity contribution is 0.224. The summed E-state index contributed by atoms with van der Waals surface area (Å²) in [7, 11) is 2.25. The fourth-order valence-electron chi connectivity index (χ4n) is 2.81. The van der Waals surface area contributed by atoms with Gasteiger partial charge in [-0.25, -0.2) is 0 Å². The largest absolute Gasteiger partial charge is 0.296 e. The Kier molecular flexibility index (Phi) is 1.47. The predicted octanol–water partition coefficient (Wildman–Crippen LogP) is 1.77. The highest BCUT2D eigenvalue weighted by atomic mass is 15.2. The summed E-state index contributed by atoms with van der Waals surface area (Å²) >= 11 is 0. The average molecular weight is 174 g/mol. The first-order valence-electron chi connectivity index (χ1n) is 5.01. The van der Waals surface area contributed by atoms with Crippen molar-refractivity contribution in [2.75, 3.05) is 7.05 Å². The Balaban J connectivity index is 2.12. The Morgan fingerprint density at radius 3 is 3.31 bits per heavy atom. The van der Waals surface area contributed by atoms with Gasteiger partial charge in [0.15, 0.2) is 0 Å². The van der Waals surface area contributed by atoms with Gasteiger partial charge in [-0.2, -0.15) is 0 Å². The molecule has 2 bridgehead atoms. The zero-order valence-corrected chi connectivity index (χ0v) is 7.90. The molecule has 0 radical (unpaired) electrons. The maximum absolute atomic E-state index is 4.22. The van der Waals surface area contributed by atoms with Gasteiger partial charge in [-0.3, -0.25) is 9.88 Å². The van der Waals surface area contributed by atoms with Crippen LogP contribution in [0.4, 0.5) is 0 Å².